The Bertz CT molecular complexity index is 477. The van der Waals surface area contributed by atoms with E-state index in [0.29, 0.717) is 11.6 Å². The molecule has 0 spiro atoms. The number of hydrogen-bond acceptors (Lipinski definition) is 3. The van der Waals surface area contributed by atoms with Crippen molar-refractivity contribution >= 4 is 5.82 Å². The van der Waals surface area contributed by atoms with Crippen molar-refractivity contribution in [2.45, 2.75) is 38.6 Å². The van der Waals surface area contributed by atoms with Gasteiger partial charge in [0.25, 0.3) is 0 Å². The molecule has 3 nitrogen and oxygen atoms in total. The molecule has 1 N–H and O–H groups in total. The zero-order chi connectivity index (χ0) is 12.5. The highest BCUT2D eigenvalue weighted by Gasteiger charge is 2.41. The zero-order valence-corrected chi connectivity index (χ0v) is 10.8. The minimum Gasteiger partial charge on any atom is -0.366 e. The number of nitrogens with zero attached hydrogens (tertiary/aromatic N) is 2. The molecule has 3 heteroatoms. The van der Waals surface area contributed by atoms with Gasteiger partial charge < -0.3 is 5.32 Å². The summed E-state index contributed by atoms with van der Waals surface area (Å²) in [7, 11) is 0. The van der Waals surface area contributed by atoms with Crippen LogP contribution in [0.1, 0.15) is 38.2 Å². The van der Waals surface area contributed by atoms with Crippen LogP contribution in [0.25, 0.3) is 0 Å². The standard InChI is InChI=1S/C15H19N3/c1-10(14-8-11-4-5-12(14)7-11)18-15-13(9-16)3-2-6-17-15/h2-3,6,10-12,14H,4-5,7-8H2,1H3,(H,17,18)/t10-,11-,12-,14-/m0/s1. The summed E-state index contributed by atoms with van der Waals surface area (Å²) in [6, 6.07) is 6.25. The third kappa shape index (κ3) is 1.96. The van der Waals surface area contributed by atoms with Crippen LogP contribution in [-0.4, -0.2) is 11.0 Å². The van der Waals surface area contributed by atoms with Crippen LogP contribution in [0.15, 0.2) is 18.3 Å². The van der Waals surface area contributed by atoms with Crippen molar-refractivity contribution in [3.8, 4) is 6.07 Å². The zero-order valence-electron chi connectivity index (χ0n) is 10.8. The van der Waals surface area contributed by atoms with Crippen LogP contribution in [0, 0.1) is 29.1 Å². The Morgan fingerprint density at radius 3 is 3.00 bits per heavy atom. The van der Waals surface area contributed by atoms with E-state index in [9.17, 15) is 0 Å². The summed E-state index contributed by atoms with van der Waals surface area (Å²) >= 11 is 0. The first-order valence-corrected chi connectivity index (χ1v) is 6.89. The molecule has 1 aromatic rings. The predicted molar refractivity (Wildman–Crippen MR) is 71.0 cm³/mol. The molecule has 2 fully saturated rings. The highest BCUT2D eigenvalue weighted by atomic mass is 15.0. The maximum absolute atomic E-state index is 9.07. The fourth-order valence-corrected chi connectivity index (χ4v) is 3.84. The van der Waals surface area contributed by atoms with E-state index in [2.05, 4.69) is 23.3 Å². The molecule has 0 aromatic carbocycles. The predicted octanol–water partition coefficient (Wildman–Crippen LogP) is 3.19. The summed E-state index contributed by atoms with van der Waals surface area (Å²) in [6.45, 7) is 2.24. The van der Waals surface area contributed by atoms with Gasteiger partial charge >= 0.3 is 0 Å². The van der Waals surface area contributed by atoms with E-state index in [1.165, 1.54) is 25.7 Å². The van der Waals surface area contributed by atoms with E-state index < -0.39 is 0 Å². The van der Waals surface area contributed by atoms with E-state index in [4.69, 9.17) is 5.26 Å². The molecule has 0 amide bonds. The van der Waals surface area contributed by atoms with Gasteiger partial charge in [-0.3, -0.25) is 0 Å². The van der Waals surface area contributed by atoms with Crippen LogP contribution in [0.2, 0.25) is 0 Å². The van der Waals surface area contributed by atoms with Gasteiger partial charge in [-0.2, -0.15) is 5.26 Å². The molecule has 3 rings (SSSR count). The lowest BCUT2D eigenvalue weighted by atomic mass is 9.84. The van der Waals surface area contributed by atoms with Gasteiger partial charge in [-0.15, -0.1) is 0 Å². The van der Waals surface area contributed by atoms with Crippen molar-refractivity contribution in [2.24, 2.45) is 17.8 Å². The summed E-state index contributed by atoms with van der Waals surface area (Å²) in [4.78, 5) is 4.29. The van der Waals surface area contributed by atoms with Crippen LogP contribution < -0.4 is 5.32 Å². The van der Waals surface area contributed by atoms with Gasteiger partial charge in [0, 0.05) is 12.2 Å². The molecule has 94 valence electrons. The molecule has 0 saturated heterocycles. The topological polar surface area (TPSA) is 48.7 Å². The third-order valence-electron chi connectivity index (χ3n) is 4.73. The van der Waals surface area contributed by atoms with Crippen LogP contribution >= 0.6 is 0 Å². The first-order valence-electron chi connectivity index (χ1n) is 6.89. The number of pyridine rings is 1. The summed E-state index contributed by atoms with van der Waals surface area (Å²) < 4.78 is 0. The Morgan fingerprint density at radius 1 is 1.44 bits per heavy atom. The number of aromatic nitrogens is 1. The van der Waals surface area contributed by atoms with Gasteiger partial charge in [0.1, 0.15) is 11.9 Å². The second-order valence-electron chi connectivity index (χ2n) is 5.78. The second kappa shape index (κ2) is 4.61. The molecule has 1 aromatic heterocycles. The second-order valence-corrected chi connectivity index (χ2v) is 5.78. The highest BCUT2D eigenvalue weighted by Crippen LogP contribution is 2.49. The summed E-state index contributed by atoms with van der Waals surface area (Å²) in [6.07, 6.45) is 7.35. The minimum atomic E-state index is 0.419. The van der Waals surface area contributed by atoms with Gasteiger partial charge in [0.05, 0.1) is 5.56 Å². The molecule has 2 saturated carbocycles. The molecule has 1 heterocycles. The maximum Gasteiger partial charge on any atom is 0.144 e. The minimum absolute atomic E-state index is 0.419. The lowest BCUT2D eigenvalue weighted by molar-refractivity contribution is 0.304. The molecule has 4 atom stereocenters. The molecular formula is C15H19N3. The normalized spacial score (nSPS) is 31.0. The molecule has 2 aliphatic carbocycles. The molecule has 2 aliphatic rings. The van der Waals surface area contributed by atoms with Crippen molar-refractivity contribution in [3.63, 3.8) is 0 Å². The lowest BCUT2D eigenvalue weighted by Gasteiger charge is -2.29. The Balaban J connectivity index is 1.71. The van der Waals surface area contributed by atoms with Crippen molar-refractivity contribution in [1.29, 1.82) is 5.26 Å². The number of nitrogens with one attached hydrogen (secondary N) is 1. The molecule has 0 unspecified atom stereocenters. The van der Waals surface area contributed by atoms with Crippen LogP contribution in [0.5, 0.6) is 0 Å². The molecule has 18 heavy (non-hydrogen) atoms. The van der Waals surface area contributed by atoms with E-state index >= 15 is 0 Å². The van der Waals surface area contributed by atoms with Gasteiger partial charge in [-0.05, 0) is 56.1 Å². The van der Waals surface area contributed by atoms with Crippen LogP contribution in [0.3, 0.4) is 0 Å². The average molecular weight is 241 g/mol. The summed E-state index contributed by atoms with van der Waals surface area (Å²) in [5.74, 6) is 3.36. The Hall–Kier alpha value is -1.56. The monoisotopic (exact) mass is 241 g/mol. The first kappa shape index (κ1) is 11.5. The first-order chi connectivity index (χ1) is 8.78. The van der Waals surface area contributed by atoms with E-state index in [1.807, 2.05) is 12.1 Å². The van der Waals surface area contributed by atoms with Crippen molar-refractivity contribution < 1.29 is 0 Å². The Kier molecular flexibility index (Phi) is 2.95. The van der Waals surface area contributed by atoms with Gasteiger partial charge in [-0.1, -0.05) is 6.42 Å². The van der Waals surface area contributed by atoms with E-state index in [-0.39, 0.29) is 0 Å². The Morgan fingerprint density at radius 2 is 2.33 bits per heavy atom. The highest BCUT2D eigenvalue weighted by molar-refractivity contribution is 5.51. The summed E-state index contributed by atoms with van der Waals surface area (Å²) in [5, 5.41) is 12.5. The van der Waals surface area contributed by atoms with Crippen molar-refractivity contribution in [3.05, 3.63) is 23.9 Å². The molecule has 2 bridgehead atoms. The largest absolute Gasteiger partial charge is 0.366 e. The molecular weight excluding hydrogens is 222 g/mol. The fraction of sp³-hybridized carbons (Fsp3) is 0.600. The molecule has 0 radical (unpaired) electrons. The maximum atomic E-state index is 9.07. The van der Waals surface area contributed by atoms with Crippen molar-refractivity contribution in [2.75, 3.05) is 5.32 Å². The van der Waals surface area contributed by atoms with Gasteiger partial charge in [0.2, 0.25) is 0 Å². The van der Waals surface area contributed by atoms with E-state index in [0.717, 1.165) is 23.6 Å². The quantitative estimate of drug-likeness (QED) is 0.884. The van der Waals surface area contributed by atoms with Crippen LogP contribution in [0.4, 0.5) is 5.82 Å². The van der Waals surface area contributed by atoms with Crippen LogP contribution in [-0.2, 0) is 0 Å². The van der Waals surface area contributed by atoms with E-state index in [1.54, 1.807) is 6.20 Å². The average Bonchev–Trinajstić information content (AvgIpc) is 3.01. The number of nitriles is 1. The fourth-order valence-electron chi connectivity index (χ4n) is 3.84. The van der Waals surface area contributed by atoms with Gasteiger partial charge in [0.15, 0.2) is 0 Å². The van der Waals surface area contributed by atoms with Gasteiger partial charge in [-0.25, -0.2) is 4.98 Å². The smallest absolute Gasteiger partial charge is 0.144 e. The number of anilines is 1. The molecule has 0 aliphatic heterocycles. The SMILES string of the molecule is C[C@H](Nc1ncccc1C#N)[C@@H]1C[C@H]2CC[C@H]1C2. The number of fused-ring (bicyclic) bond motifs is 2. The number of rotatable bonds is 3. The van der Waals surface area contributed by atoms with Crippen molar-refractivity contribution in [1.82, 2.24) is 4.98 Å². The lowest BCUT2D eigenvalue weighted by Crippen LogP contribution is -2.30. The third-order valence-corrected chi connectivity index (χ3v) is 4.73. The Labute approximate surface area is 108 Å². The number of hydrogen-bond donors (Lipinski definition) is 1. The summed E-state index contributed by atoms with van der Waals surface area (Å²) in [5.41, 5.74) is 0.646.